The van der Waals surface area contributed by atoms with Crippen LogP contribution in [0.3, 0.4) is 0 Å². The lowest BCUT2D eigenvalue weighted by molar-refractivity contribution is -0.176. The third-order valence-corrected chi connectivity index (χ3v) is 4.06. The molecule has 2 saturated heterocycles. The van der Waals surface area contributed by atoms with Crippen molar-refractivity contribution in [2.75, 3.05) is 20.8 Å². The first-order chi connectivity index (χ1) is 11.4. The quantitative estimate of drug-likeness (QED) is 0.670. The Kier molecular flexibility index (Phi) is 4.12. The fourth-order valence-electron chi connectivity index (χ4n) is 3.05. The number of ether oxygens (including phenoxy) is 2. The number of fused-ring (bicyclic) bond motifs is 1. The van der Waals surface area contributed by atoms with Crippen LogP contribution in [0.25, 0.3) is 0 Å². The monoisotopic (exact) mass is 335 g/mol. The molecule has 128 valence electrons. The van der Waals surface area contributed by atoms with Crippen molar-refractivity contribution >= 4 is 17.7 Å². The highest BCUT2D eigenvalue weighted by Crippen LogP contribution is 2.43. The zero-order chi connectivity index (χ0) is 17.4. The number of primary amides is 1. The van der Waals surface area contributed by atoms with Crippen molar-refractivity contribution in [1.29, 1.82) is 0 Å². The maximum absolute atomic E-state index is 12.2. The van der Waals surface area contributed by atoms with E-state index in [0.29, 0.717) is 17.1 Å². The van der Waals surface area contributed by atoms with Gasteiger partial charge in [-0.05, 0) is 17.7 Å². The van der Waals surface area contributed by atoms with E-state index in [1.165, 1.54) is 19.3 Å². The van der Waals surface area contributed by atoms with Crippen molar-refractivity contribution in [2.24, 2.45) is 11.7 Å². The lowest BCUT2D eigenvalue weighted by Gasteiger charge is -2.24. The normalized spacial score (nSPS) is 26.2. The molecule has 1 aromatic carbocycles. The first-order valence-corrected chi connectivity index (χ1v) is 7.24. The van der Waals surface area contributed by atoms with E-state index in [4.69, 9.17) is 20.0 Å². The molecule has 3 atom stereocenters. The van der Waals surface area contributed by atoms with Crippen LogP contribution in [0.4, 0.5) is 0 Å². The molecule has 0 spiro atoms. The number of carbonyl (C=O) groups is 3. The Morgan fingerprint density at radius 2 is 1.83 bits per heavy atom. The van der Waals surface area contributed by atoms with Crippen LogP contribution in [0, 0.1) is 5.92 Å². The molecule has 3 rings (SSSR count). The number of amides is 3. The Morgan fingerprint density at radius 1 is 1.21 bits per heavy atom. The van der Waals surface area contributed by atoms with Gasteiger partial charge in [-0.3, -0.25) is 24.5 Å². The summed E-state index contributed by atoms with van der Waals surface area (Å²) in [4.78, 5) is 40.9. The van der Waals surface area contributed by atoms with Crippen molar-refractivity contribution in [3.05, 3.63) is 23.8 Å². The van der Waals surface area contributed by atoms with Crippen LogP contribution in [-0.4, -0.2) is 49.7 Å². The molecular weight excluding hydrogens is 318 g/mol. The summed E-state index contributed by atoms with van der Waals surface area (Å²) < 4.78 is 10.5. The number of nitrogens with two attached hydrogens (primary N) is 1. The van der Waals surface area contributed by atoms with Gasteiger partial charge in [0.1, 0.15) is 18.0 Å². The van der Waals surface area contributed by atoms with Crippen molar-refractivity contribution in [2.45, 2.75) is 12.1 Å². The van der Waals surface area contributed by atoms with Gasteiger partial charge in [0.15, 0.2) is 6.10 Å². The number of hydroxylamine groups is 2. The number of carbonyl (C=O) groups excluding carboxylic acids is 3. The van der Waals surface area contributed by atoms with E-state index in [1.807, 2.05) is 0 Å². The number of nitrogens with one attached hydrogen (secondary N) is 1. The summed E-state index contributed by atoms with van der Waals surface area (Å²) in [6.07, 6.45) is -0.987. The number of benzene rings is 1. The second kappa shape index (κ2) is 6.10. The zero-order valence-corrected chi connectivity index (χ0v) is 13.1. The molecule has 0 aliphatic carbocycles. The lowest BCUT2D eigenvalue weighted by atomic mass is 9.90. The molecule has 0 bridgehead atoms. The molecule has 1 aromatic rings. The van der Waals surface area contributed by atoms with Crippen LogP contribution in [0.15, 0.2) is 18.2 Å². The Labute approximate surface area is 137 Å². The smallest absolute Gasteiger partial charge is 0.258 e. The summed E-state index contributed by atoms with van der Waals surface area (Å²) in [6, 6.07) is 4.40. The van der Waals surface area contributed by atoms with Gasteiger partial charge in [0.2, 0.25) is 11.8 Å². The zero-order valence-electron chi connectivity index (χ0n) is 13.1. The predicted octanol–water partition coefficient (Wildman–Crippen LogP) is -0.881. The summed E-state index contributed by atoms with van der Waals surface area (Å²) in [5.74, 6) is -1.38. The van der Waals surface area contributed by atoms with Gasteiger partial charge in [-0.15, -0.1) is 0 Å². The maximum Gasteiger partial charge on any atom is 0.258 e. The van der Waals surface area contributed by atoms with Gasteiger partial charge < -0.3 is 15.2 Å². The van der Waals surface area contributed by atoms with Gasteiger partial charge in [-0.25, -0.2) is 0 Å². The molecule has 0 aromatic heterocycles. The van der Waals surface area contributed by atoms with E-state index >= 15 is 0 Å². The average molecular weight is 335 g/mol. The molecule has 2 aliphatic rings. The van der Waals surface area contributed by atoms with E-state index in [0.717, 1.165) is 0 Å². The molecule has 2 aliphatic heterocycles. The van der Waals surface area contributed by atoms with Crippen LogP contribution < -0.4 is 20.5 Å². The molecule has 2 fully saturated rings. The summed E-state index contributed by atoms with van der Waals surface area (Å²) in [5, 5.41) is 3.51. The minimum atomic E-state index is -0.987. The molecule has 2 heterocycles. The summed E-state index contributed by atoms with van der Waals surface area (Å²) >= 11 is 0. The van der Waals surface area contributed by atoms with E-state index < -0.39 is 35.8 Å². The van der Waals surface area contributed by atoms with Gasteiger partial charge in [0.05, 0.1) is 26.2 Å². The van der Waals surface area contributed by atoms with Crippen molar-refractivity contribution < 1.29 is 28.7 Å². The lowest BCUT2D eigenvalue weighted by Crippen LogP contribution is -2.37. The molecule has 0 saturated carbocycles. The molecule has 3 amide bonds. The molecule has 9 nitrogen and oxygen atoms in total. The molecular formula is C15H17N3O6. The highest BCUT2D eigenvalue weighted by molar-refractivity contribution is 6.07. The van der Waals surface area contributed by atoms with Crippen LogP contribution in [0.1, 0.15) is 11.6 Å². The van der Waals surface area contributed by atoms with E-state index in [1.54, 1.807) is 18.2 Å². The van der Waals surface area contributed by atoms with Crippen molar-refractivity contribution in [3.8, 4) is 11.5 Å². The highest BCUT2D eigenvalue weighted by atomic mass is 16.7. The van der Waals surface area contributed by atoms with Gasteiger partial charge in [0.25, 0.3) is 5.91 Å². The number of imide groups is 1. The summed E-state index contributed by atoms with van der Waals surface area (Å²) in [7, 11) is 3.00. The average Bonchev–Trinajstić information content (AvgIpc) is 3.04. The van der Waals surface area contributed by atoms with Crippen LogP contribution in [0.2, 0.25) is 0 Å². The number of methoxy groups -OCH3 is 2. The standard InChI is InChI=1S/C15H17N3O6/c1-22-8-3-7(4-9(5-8)23-2)12-11-13(15(21)17-14(11)20)24-18(12)6-10(16)19/h3-5,11-13H,6H2,1-2H3,(H2,16,19)(H,17,20,21). The highest BCUT2D eigenvalue weighted by Gasteiger charge is 2.56. The number of rotatable bonds is 5. The number of hydrogen-bond donors (Lipinski definition) is 2. The number of nitrogens with zero attached hydrogens (tertiary/aromatic N) is 1. The maximum atomic E-state index is 12.2. The van der Waals surface area contributed by atoms with Crippen molar-refractivity contribution in [3.63, 3.8) is 0 Å². The van der Waals surface area contributed by atoms with Crippen LogP contribution in [0.5, 0.6) is 11.5 Å². The Hall–Kier alpha value is -2.65. The Balaban J connectivity index is 2.05. The Morgan fingerprint density at radius 3 is 2.38 bits per heavy atom. The topological polar surface area (TPSA) is 120 Å². The van der Waals surface area contributed by atoms with Gasteiger partial charge in [-0.2, -0.15) is 5.06 Å². The minimum Gasteiger partial charge on any atom is -0.497 e. The van der Waals surface area contributed by atoms with E-state index in [9.17, 15) is 14.4 Å². The molecule has 24 heavy (non-hydrogen) atoms. The first-order valence-electron chi connectivity index (χ1n) is 7.24. The number of hydrogen-bond acceptors (Lipinski definition) is 7. The van der Waals surface area contributed by atoms with E-state index in [2.05, 4.69) is 5.32 Å². The summed E-state index contributed by atoms with van der Waals surface area (Å²) in [5.41, 5.74) is 5.86. The largest absolute Gasteiger partial charge is 0.497 e. The van der Waals surface area contributed by atoms with Crippen LogP contribution >= 0.6 is 0 Å². The minimum absolute atomic E-state index is 0.252. The fourth-order valence-corrected chi connectivity index (χ4v) is 3.05. The molecule has 3 unspecified atom stereocenters. The van der Waals surface area contributed by atoms with Gasteiger partial charge in [0, 0.05) is 6.07 Å². The molecule has 3 N–H and O–H groups in total. The fraction of sp³-hybridized carbons (Fsp3) is 0.400. The first kappa shape index (κ1) is 16.2. The second-order valence-corrected chi connectivity index (χ2v) is 5.54. The van der Waals surface area contributed by atoms with Gasteiger partial charge >= 0.3 is 0 Å². The molecule has 0 radical (unpaired) electrons. The third kappa shape index (κ3) is 2.68. The predicted molar refractivity (Wildman–Crippen MR) is 79.7 cm³/mol. The van der Waals surface area contributed by atoms with Crippen LogP contribution in [-0.2, 0) is 19.2 Å². The SMILES string of the molecule is COc1cc(OC)cc(C2C3C(=O)NC(=O)C3ON2CC(N)=O)c1. The van der Waals surface area contributed by atoms with E-state index in [-0.39, 0.29) is 6.54 Å². The van der Waals surface area contributed by atoms with Gasteiger partial charge in [-0.1, -0.05) is 0 Å². The Bertz CT molecular complexity index is 684. The summed E-state index contributed by atoms with van der Waals surface area (Å²) in [6.45, 7) is -0.252. The van der Waals surface area contributed by atoms with Crippen molar-refractivity contribution in [1.82, 2.24) is 10.4 Å². The third-order valence-electron chi connectivity index (χ3n) is 4.06. The second-order valence-electron chi connectivity index (χ2n) is 5.54. The molecule has 9 heteroatoms.